The molecule has 0 aliphatic rings. The van der Waals surface area contributed by atoms with Crippen molar-refractivity contribution in [2.24, 2.45) is 0 Å². The molecule has 1 heterocycles. The van der Waals surface area contributed by atoms with Crippen molar-refractivity contribution < 1.29 is 14.6 Å². The van der Waals surface area contributed by atoms with Crippen molar-refractivity contribution in [3.63, 3.8) is 0 Å². The highest BCUT2D eigenvalue weighted by atomic mass is 16.5. The summed E-state index contributed by atoms with van der Waals surface area (Å²) in [5.74, 6) is -0.765. The number of hydrogen-bond acceptors (Lipinski definition) is 3. The number of aryl methyl sites for hydroxylation is 1. The van der Waals surface area contributed by atoms with Gasteiger partial charge in [-0.25, -0.2) is 0 Å². The summed E-state index contributed by atoms with van der Waals surface area (Å²) in [5, 5.41) is 8.40. The van der Waals surface area contributed by atoms with Crippen LogP contribution in [0.1, 0.15) is 24.8 Å². The lowest BCUT2D eigenvalue weighted by molar-refractivity contribution is -0.137. The van der Waals surface area contributed by atoms with Crippen LogP contribution in [0.3, 0.4) is 0 Å². The standard InChI is InChI=1S/C12H17NO3/c14-12(15)6-3-9-16-8-2-5-11-4-1-7-13-10-11/h1,4,7,10H,2-3,5-6,8-9H2,(H,14,15). The third kappa shape index (κ3) is 6.14. The average molecular weight is 223 g/mol. The SMILES string of the molecule is O=C(O)CCCOCCCc1cccnc1. The molecule has 0 aliphatic carbocycles. The molecule has 0 aliphatic heterocycles. The number of hydrogen-bond donors (Lipinski definition) is 1. The Hall–Kier alpha value is -1.42. The molecule has 88 valence electrons. The largest absolute Gasteiger partial charge is 0.481 e. The van der Waals surface area contributed by atoms with Crippen molar-refractivity contribution in [1.29, 1.82) is 0 Å². The Morgan fingerprint density at radius 3 is 2.88 bits per heavy atom. The lowest BCUT2D eigenvalue weighted by atomic mass is 10.2. The molecular weight excluding hydrogens is 206 g/mol. The van der Waals surface area contributed by atoms with Crippen LogP contribution in [0.15, 0.2) is 24.5 Å². The number of aliphatic carboxylic acids is 1. The van der Waals surface area contributed by atoms with E-state index in [2.05, 4.69) is 4.98 Å². The van der Waals surface area contributed by atoms with Crippen LogP contribution in [0.25, 0.3) is 0 Å². The fraction of sp³-hybridized carbons (Fsp3) is 0.500. The topological polar surface area (TPSA) is 59.4 Å². The fourth-order valence-electron chi connectivity index (χ4n) is 1.35. The summed E-state index contributed by atoms with van der Waals surface area (Å²) in [5.41, 5.74) is 1.21. The summed E-state index contributed by atoms with van der Waals surface area (Å²) >= 11 is 0. The minimum atomic E-state index is -0.765. The van der Waals surface area contributed by atoms with Crippen molar-refractivity contribution in [3.05, 3.63) is 30.1 Å². The van der Waals surface area contributed by atoms with Gasteiger partial charge in [-0.15, -0.1) is 0 Å². The monoisotopic (exact) mass is 223 g/mol. The normalized spacial score (nSPS) is 10.2. The first-order chi connectivity index (χ1) is 7.79. The summed E-state index contributed by atoms with van der Waals surface area (Å²) in [4.78, 5) is 14.2. The van der Waals surface area contributed by atoms with Crippen LogP contribution in [0.4, 0.5) is 0 Å². The summed E-state index contributed by atoms with van der Waals surface area (Å²) in [6.45, 7) is 1.20. The molecule has 0 bridgehead atoms. The van der Waals surface area contributed by atoms with E-state index in [0.29, 0.717) is 19.6 Å². The van der Waals surface area contributed by atoms with Crippen molar-refractivity contribution in [3.8, 4) is 0 Å². The van der Waals surface area contributed by atoms with Crippen molar-refractivity contribution in [2.45, 2.75) is 25.7 Å². The van der Waals surface area contributed by atoms with E-state index in [1.54, 1.807) is 6.20 Å². The first kappa shape index (κ1) is 12.6. The molecule has 0 aromatic carbocycles. The molecule has 0 saturated heterocycles. The molecule has 1 aromatic heterocycles. The number of nitrogens with zero attached hydrogens (tertiary/aromatic N) is 1. The van der Waals surface area contributed by atoms with Gasteiger partial charge in [0.1, 0.15) is 0 Å². The predicted molar refractivity (Wildman–Crippen MR) is 60.2 cm³/mol. The fourth-order valence-corrected chi connectivity index (χ4v) is 1.35. The van der Waals surface area contributed by atoms with E-state index < -0.39 is 5.97 Å². The summed E-state index contributed by atoms with van der Waals surface area (Å²) in [7, 11) is 0. The third-order valence-corrected chi connectivity index (χ3v) is 2.16. The molecule has 1 aromatic rings. The number of ether oxygens (including phenoxy) is 1. The van der Waals surface area contributed by atoms with Crippen LogP contribution in [-0.2, 0) is 16.0 Å². The Morgan fingerprint density at radius 1 is 1.38 bits per heavy atom. The van der Waals surface area contributed by atoms with E-state index in [-0.39, 0.29) is 6.42 Å². The minimum Gasteiger partial charge on any atom is -0.481 e. The van der Waals surface area contributed by atoms with Crippen LogP contribution in [-0.4, -0.2) is 29.3 Å². The van der Waals surface area contributed by atoms with Gasteiger partial charge >= 0.3 is 5.97 Å². The van der Waals surface area contributed by atoms with E-state index in [1.165, 1.54) is 5.56 Å². The second-order valence-electron chi connectivity index (χ2n) is 3.57. The van der Waals surface area contributed by atoms with E-state index in [9.17, 15) is 4.79 Å². The Morgan fingerprint density at radius 2 is 2.19 bits per heavy atom. The van der Waals surface area contributed by atoms with Gasteiger partial charge in [0.2, 0.25) is 0 Å². The molecule has 0 radical (unpaired) electrons. The molecule has 4 heteroatoms. The quantitative estimate of drug-likeness (QED) is 0.684. The molecular formula is C12H17NO3. The second kappa shape index (κ2) is 7.82. The third-order valence-electron chi connectivity index (χ3n) is 2.16. The average Bonchev–Trinajstić information content (AvgIpc) is 2.29. The van der Waals surface area contributed by atoms with Gasteiger partial charge in [0.25, 0.3) is 0 Å². The van der Waals surface area contributed by atoms with Gasteiger partial charge in [0.15, 0.2) is 0 Å². The van der Waals surface area contributed by atoms with Crippen LogP contribution in [0.2, 0.25) is 0 Å². The van der Waals surface area contributed by atoms with Gasteiger partial charge in [-0.05, 0) is 30.9 Å². The molecule has 0 fully saturated rings. The first-order valence-corrected chi connectivity index (χ1v) is 5.47. The molecule has 0 atom stereocenters. The van der Waals surface area contributed by atoms with Crippen molar-refractivity contribution in [1.82, 2.24) is 4.98 Å². The zero-order valence-corrected chi connectivity index (χ0v) is 9.26. The van der Waals surface area contributed by atoms with E-state index in [4.69, 9.17) is 9.84 Å². The smallest absolute Gasteiger partial charge is 0.303 e. The first-order valence-electron chi connectivity index (χ1n) is 5.47. The molecule has 0 unspecified atom stereocenters. The number of carboxylic acids is 1. The number of carboxylic acid groups (broad SMARTS) is 1. The zero-order valence-electron chi connectivity index (χ0n) is 9.26. The van der Waals surface area contributed by atoms with Crippen LogP contribution >= 0.6 is 0 Å². The van der Waals surface area contributed by atoms with E-state index in [0.717, 1.165) is 12.8 Å². The highest BCUT2D eigenvalue weighted by Gasteiger charge is 1.96. The number of carbonyl (C=O) groups is 1. The molecule has 0 spiro atoms. The van der Waals surface area contributed by atoms with Gasteiger partial charge in [-0.2, -0.15) is 0 Å². The van der Waals surface area contributed by atoms with Gasteiger partial charge < -0.3 is 9.84 Å². The van der Waals surface area contributed by atoms with Gasteiger partial charge in [0, 0.05) is 32.0 Å². The maximum atomic E-state index is 10.2. The Kier molecular flexibility index (Phi) is 6.18. The molecule has 16 heavy (non-hydrogen) atoms. The van der Waals surface area contributed by atoms with Gasteiger partial charge in [0.05, 0.1) is 0 Å². The van der Waals surface area contributed by atoms with Gasteiger partial charge in [-0.1, -0.05) is 6.07 Å². The Bertz CT molecular complexity index is 300. The summed E-state index contributed by atoms with van der Waals surface area (Å²) < 4.78 is 5.32. The van der Waals surface area contributed by atoms with Gasteiger partial charge in [-0.3, -0.25) is 9.78 Å². The Balaban J connectivity index is 1.94. The van der Waals surface area contributed by atoms with Crippen LogP contribution in [0, 0.1) is 0 Å². The number of pyridine rings is 1. The molecule has 1 N–H and O–H groups in total. The highest BCUT2D eigenvalue weighted by molar-refractivity contribution is 5.66. The summed E-state index contributed by atoms with van der Waals surface area (Å²) in [6.07, 6.45) is 6.27. The van der Waals surface area contributed by atoms with Crippen molar-refractivity contribution >= 4 is 5.97 Å². The zero-order chi connectivity index (χ0) is 11.6. The van der Waals surface area contributed by atoms with E-state index in [1.807, 2.05) is 18.3 Å². The number of aromatic nitrogens is 1. The van der Waals surface area contributed by atoms with Crippen LogP contribution in [0.5, 0.6) is 0 Å². The highest BCUT2D eigenvalue weighted by Crippen LogP contribution is 2.00. The lowest BCUT2D eigenvalue weighted by Crippen LogP contribution is -2.02. The molecule has 0 amide bonds. The number of rotatable bonds is 8. The molecule has 0 saturated carbocycles. The predicted octanol–water partition coefficient (Wildman–Crippen LogP) is 1.90. The maximum absolute atomic E-state index is 10.2. The maximum Gasteiger partial charge on any atom is 0.303 e. The molecule has 1 rings (SSSR count). The van der Waals surface area contributed by atoms with E-state index >= 15 is 0 Å². The van der Waals surface area contributed by atoms with Crippen molar-refractivity contribution in [2.75, 3.05) is 13.2 Å². The summed E-state index contributed by atoms with van der Waals surface area (Å²) in [6, 6.07) is 3.96. The van der Waals surface area contributed by atoms with Crippen LogP contribution < -0.4 is 0 Å². The Labute approximate surface area is 95.3 Å². The second-order valence-corrected chi connectivity index (χ2v) is 3.57. The lowest BCUT2D eigenvalue weighted by Gasteiger charge is -2.03. The minimum absolute atomic E-state index is 0.183. The molecule has 4 nitrogen and oxygen atoms in total.